The highest BCUT2D eigenvalue weighted by atomic mass is 15.1. The lowest BCUT2D eigenvalue weighted by atomic mass is 10.1. The van der Waals surface area contributed by atoms with Crippen molar-refractivity contribution in [2.45, 2.75) is 46.1 Å². The second kappa shape index (κ2) is 9.39. The summed E-state index contributed by atoms with van der Waals surface area (Å²) in [5.74, 6) is 2.71. The Labute approximate surface area is 123 Å². The van der Waals surface area contributed by atoms with Gasteiger partial charge in [0.05, 0.1) is 24.1 Å². The third-order valence-corrected chi connectivity index (χ3v) is 3.32. The van der Waals surface area contributed by atoms with E-state index in [2.05, 4.69) is 54.0 Å². The molecule has 3 nitrogen and oxygen atoms in total. The molecule has 1 heterocycles. The summed E-state index contributed by atoms with van der Waals surface area (Å²) in [5, 5.41) is 3.53. The molecule has 0 amide bonds. The van der Waals surface area contributed by atoms with E-state index in [9.17, 15) is 0 Å². The maximum absolute atomic E-state index is 5.43. The number of hydrogen-bond acceptors (Lipinski definition) is 3. The van der Waals surface area contributed by atoms with Crippen LogP contribution in [0.25, 0.3) is 0 Å². The van der Waals surface area contributed by atoms with Crippen LogP contribution in [0.3, 0.4) is 0 Å². The smallest absolute Gasteiger partial charge is 0.0792 e. The van der Waals surface area contributed by atoms with Gasteiger partial charge in [-0.25, -0.2) is 0 Å². The van der Waals surface area contributed by atoms with Gasteiger partial charge in [-0.15, -0.1) is 6.42 Å². The topological polar surface area (TPSA) is 28.2 Å². The first-order valence-electron chi connectivity index (χ1n) is 7.64. The lowest BCUT2D eigenvalue weighted by molar-refractivity contribution is 0.507. The quantitative estimate of drug-likeness (QED) is 0.699. The second-order valence-corrected chi connectivity index (χ2v) is 4.98. The van der Waals surface area contributed by atoms with Crippen molar-refractivity contribution < 1.29 is 0 Å². The van der Waals surface area contributed by atoms with E-state index >= 15 is 0 Å². The van der Waals surface area contributed by atoms with Crippen molar-refractivity contribution >= 4 is 5.69 Å². The zero-order chi connectivity index (χ0) is 14.8. The van der Waals surface area contributed by atoms with E-state index in [-0.39, 0.29) is 0 Å². The van der Waals surface area contributed by atoms with Crippen LogP contribution in [-0.2, 0) is 0 Å². The molecule has 0 spiro atoms. The third-order valence-electron chi connectivity index (χ3n) is 3.32. The van der Waals surface area contributed by atoms with E-state index < -0.39 is 0 Å². The predicted molar refractivity (Wildman–Crippen MR) is 86.9 cm³/mol. The molecule has 0 radical (unpaired) electrons. The van der Waals surface area contributed by atoms with Gasteiger partial charge in [-0.05, 0) is 37.9 Å². The molecule has 0 bridgehead atoms. The summed E-state index contributed by atoms with van der Waals surface area (Å²) in [6.45, 7) is 9.16. The van der Waals surface area contributed by atoms with E-state index in [0.717, 1.165) is 43.7 Å². The molecule has 1 N–H and O–H groups in total. The van der Waals surface area contributed by atoms with Crippen LogP contribution in [0.4, 0.5) is 5.69 Å². The van der Waals surface area contributed by atoms with Crippen LogP contribution < -0.4 is 10.2 Å². The number of rotatable bonds is 9. The summed E-state index contributed by atoms with van der Waals surface area (Å²) in [6, 6.07) is 4.59. The van der Waals surface area contributed by atoms with Crippen molar-refractivity contribution in [3.05, 3.63) is 24.0 Å². The van der Waals surface area contributed by atoms with Crippen molar-refractivity contribution in [1.82, 2.24) is 10.3 Å². The average Bonchev–Trinajstić information content (AvgIpc) is 2.48. The highest BCUT2D eigenvalue weighted by Crippen LogP contribution is 2.18. The molecule has 20 heavy (non-hydrogen) atoms. The van der Waals surface area contributed by atoms with Crippen molar-refractivity contribution in [2.24, 2.45) is 0 Å². The first-order valence-corrected chi connectivity index (χ1v) is 7.64. The van der Waals surface area contributed by atoms with Gasteiger partial charge in [-0.2, -0.15) is 0 Å². The molecule has 1 unspecified atom stereocenters. The summed E-state index contributed by atoms with van der Waals surface area (Å²) >= 11 is 0. The van der Waals surface area contributed by atoms with Gasteiger partial charge in [-0.3, -0.25) is 4.98 Å². The molecule has 3 heteroatoms. The van der Waals surface area contributed by atoms with E-state index in [1.807, 2.05) is 6.20 Å². The van der Waals surface area contributed by atoms with Gasteiger partial charge in [0.1, 0.15) is 0 Å². The second-order valence-electron chi connectivity index (χ2n) is 4.98. The average molecular weight is 273 g/mol. The Morgan fingerprint density at radius 2 is 2.10 bits per heavy atom. The molecule has 0 aliphatic heterocycles. The highest BCUT2D eigenvalue weighted by molar-refractivity contribution is 5.46. The zero-order valence-corrected chi connectivity index (χ0v) is 13.0. The molecule has 1 rings (SSSR count). The molecule has 0 fully saturated rings. The Bertz CT molecular complexity index is 405. The van der Waals surface area contributed by atoms with E-state index in [0.29, 0.717) is 12.6 Å². The molecule has 0 aromatic carbocycles. The molecule has 1 aromatic heterocycles. The number of nitrogens with one attached hydrogen (secondary N) is 1. The van der Waals surface area contributed by atoms with Gasteiger partial charge in [0.2, 0.25) is 0 Å². The number of pyridine rings is 1. The van der Waals surface area contributed by atoms with Crippen molar-refractivity contribution in [1.29, 1.82) is 0 Å². The fourth-order valence-corrected chi connectivity index (χ4v) is 2.25. The first-order chi connectivity index (χ1) is 9.76. The van der Waals surface area contributed by atoms with Gasteiger partial charge in [0.25, 0.3) is 0 Å². The molecular weight excluding hydrogens is 246 g/mol. The molecule has 0 saturated carbocycles. The van der Waals surface area contributed by atoms with Gasteiger partial charge in [0.15, 0.2) is 0 Å². The van der Waals surface area contributed by atoms with Gasteiger partial charge >= 0.3 is 0 Å². The molecular formula is C17H27N3. The molecule has 0 aliphatic carbocycles. The normalized spacial score (nSPS) is 11.9. The lowest BCUT2D eigenvalue weighted by Gasteiger charge is -2.22. The molecule has 1 atom stereocenters. The first kappa shape index (κ1) is 16.5. The fourth-order valence-electron chi connectivity index (χ4n) is 2.25. The Hall–Kier alpha value is -1.53. The minimum Gasteiger partial charge on any atom is -0.359 e. The Balaban J connectivity index is 2.77. The maximum Gasteiger partial charge on any atom is 0.0792 e. The monoisotopic (exact) mass is 273 g/mol. The summed E-state index contributed by atoms with van der Waals surface area (Å²) in [5.41, 5.74) is 2.22. The van der Waals surface area contributed by atoms with Gasteiger partial charge < -0.3 is 10.2 Å². The molecule has 0 saturated heterocycles. The number of aromatic nitrogens is 1. The number of hydrogen-bond donors (Lipinski definition) is 1. The van der Waals surface area contributed by atoms with Crippen LogP contribution in [0, 0.1) is 12.3 Å². The number of nitrogens with zero attached hydrogens (tertiary/aromatic N) is 2. The number of anilines is 1. The summed E-state index contributed by atoms with van der Waals surface area (Å²) in [4.78, 5) is 6.81. The van der Waals surface area contributed by atoms with Crippen LogP contribution in [-0.4, -0.2) is 24.6 Å². The minimum atomic E-state index is 0.344. The Morgan fingerprint density at radius 3 is 2.60 bits per heavy atom. The van der Waals surface area contributed by atoms with Crippen molar-refractivity contribution in [2.75, 3.05) is 24.5 Å². The largest absolute Gasteiger partial charge is 0.359 e. The summed E-state index contributed by atoms with van der Waals surface area (Å²) < 4.78 is 0. The molecule has 110 valence electrons. The zero-order valence-electron chi connectivity index (χ0n) is 13.0. The van der Waals surface area contributed by atoms with Crippen molar-refractivity contribution in [3.63, 3.8) is 0 Å². The third kappa shape index (κ3) is 4.86. The van der Waals surface area contributed by atoms with Crippen LogP contribution in [0.15, 0.2) is 18.3 Å². The van der Waals surface area contributed by atoms with Crippen LogP contribution >= 0.6 is 0 Å². The van der Waals surface area contributed by atoms with Crippen LogP contribution in [0.1, 0.15) is 51.8 Å². The Kier molecular flexibility index (Phi) is 7.75. The van der Waals surface area contributed by atoms with Gasteiger partial charge in [-0.1, -0.05) is 26.7 Å². The predicted octanol–water partition coefficient (Wildman–Crippen LogP) is 3.38. The lowest BCUT2D eigenvalue weighted by Crippen LogP contribution is -2.25. The highest BCUT2D eigenvalue weighted by Gasteiger charge is 2.11. The number of terminal acetylenes is 1. The van der Waals surface area contributed by atoms with Crippen molar-refractivity contribution in [3.8, 4) is 12.3 Å². The van der Waals surface area contributed by atoms with Crippen LogP contribution in [0.5, 0.6) is 0 Å². The maximum atomic E-state index is 5.43. The molecule has 1 aromatic rings. The van der Waals surface area contributed by atoms with E-state index in [1.165, 1.54) is 0 Å². The SMILES string of the molecule is C#CCN(CCC)c1ccc(C(CC)NCCC)nc1. The summed E-state index contributed by atoms with van der Waals surface area (Å²) in [6.07, 6.45) is 10.6. The van der Waals surface area contributed by atoms with E-state index in [1.54, 1.807) is 0 Å². The standard InChI is InChI=1S/C17H27N3/c1-5-11-18-16(8-4)17-10-9-15(14-19-17)20(12-6-2)13-7-3/h2,9-10,14,16,18H,5,7-8,11-13H2,1,3-4H3. The Morgan fingerprint density at radius 1 is 1.30 bits per heavy atom. The van der Waals surface area contributed by atoms with Gasteiger partial charge in [0, 0.05) is 12.6 Å². The fraction of sp³-hybridized carbons (Fsp3) is 0.588. The minimum absolute atomic E-state index is 0.344. The van der Waals surface area contributed by atoms with E-state index in [4.69, 9.17) is 6.42 Å². The molecule has 0 aliphatic rings. The van der Waals surface area contributed by atoms with Crippen LogP contribution in [0.2, 0.25) is 0 Å². The summed E-state index contributed by atoms with van der Waals surface area (Å²) in [7, 11) is 0.